The number of nitrogens with one attached hydrogen (secondary N) is 2. The van der Waals surface area contributed by atoms with Gasteiger partial charge in [-0.1, -0.05) is 25.7 Å². The molecule has 22 heavy (non-hydrogen) atoms. The van der Waals surface area contributed by atoms with Gasteiger partial charge in [-0.3, -0.25) is 4.99 Å². The zero-order valence-electron chi connectivity index (χ0n) is 14.6. The zero-order valence-corrected chi connectivity index (χ0v) is 14.6. The fraction of sp³-hybridized carbons (Fsp3) is 0.944. The lowest BCUT2D eigenvalue weighted by molar-refractivity contribution is 0.330. The molecule has 0 radical (unpaired) electrons. The summed E-state index contributed by atoms with van der Waals surface area (Å²) in [4.78, 5) is 6.91. The molecule has 1 heterocycles. The second-order valence-electron chi connectivity index (χ2n) is 6.97. The van der Waals surface area contributed by atoms with Gasteiger partial charge < -0.3 is 15.5 Å². The smallest absolute Gasteiger partial charge is 0.190 e. The second kappa shape index (κ2) is 10.9. The Morgan fingerprint density at radius 2 is 1.64 bits per heavy atom. The van der Waals surface area contributed by atoms with E-state index in [1.165, 1.54) is 83.8 Å². The fourth-order valence-electron chi connectivity index (χ4n) is 3.79. The van der Waals surface area contributed by atoms with Crippen molar-refractivity contribution in [3.05, 3.63) is 0 Å². The van der Waals surface area contributed by atoms with Crippen molar-refractivity contribution >= 4 is 5.96 Å². The minimum absolute atomic E-state index is 0.979. The molecule has 0 amide bonds. The van der Waals surface area contributed by atoms with E-state index in [1.54, 1.807) is 0 Å². The first-order valence-electron chi connectivity index (χ1n) is 9.55. The summed E-state index contributed by atoms with van der Waals surface area (Å²) < 4.78 is 0. The molecule has 0 aromatic rings. The molecule has 1 saturated carbocycles. The van der Waals surface area contributed by atoms with Crippen LogP contribution in [-0.2, 0) is 0 Å². The van der Waals surface area contributed by atoms with Crippen LogP contribution in [0.2, 0.25) is 0 Å². The molecule has 4 heteroatoms. The van der Waals surface area contributed by atoms with Crippen LogP contribution in [0, 0.1) is 5.92 Å². The summed E-state index contributed by atoms with van der Waals surface area (Å²) in [6.45, 7) is 6.00. The van der Waals surface area contributed by atoms with Gasteiger partial charge in [0.15, 0.2) is 5.96 Å². The Kier molecular flexibility index (Phi) is 8.69. The molecular weight excluding hydrogens is 272 g/mol. The van der Waals surface area contributed by atoms with E-state index in [1.807, 2.05) is 7.05 Å². The van der Waals surface area contributed by atoms with Crippen molar-refractivity contribution in [1.29, 1.82) is 0 Å². The summed E-state index contributed by atoms with van der Waals surface area (Å²) in [6.07, 6.45) is 13.8. The van der Waals surface area contributed by atoms with Crippen LogP contribution in [0.1, 0.15) is 64.2 Å². The van der Waals surface area contributed by atoms with Crippen LogP contribution in [-0.4, -0.2) is 50.6 Å². The highest BCUT2D eigenvalue weighted by Crippen LogP contribution is 2.28. The number of hydrogen-bond acceptors (Lipinski definition) is 2. The number of unbranched alkanes of at least 4 members (excludes halogenated alkanes) is 1. The molecular formula is C18H36N4. The van der Waals surface area contributed by atoms with E-state index in [9.17, 15) is 0 Å². The lowest BCUT2D eigenvalue weighted by Gasteiger charge is -2.15. The van der Waals surface area contributed by atoms with Crippen molar-refractivity contribution in [3.63, 3.8) is 0 Å². The third-order valence-corrected chi connectivity index (χ3v) is 5.17. The lowest BCUT2D eigenvalue weighted by Crippen LogP contribution is -2.38. The number of rotatable bonds is 9. The van der Waals surface area contributed by atoms with Crippen molar-refractivity contribution in [3.8, 4) is 0 Å². The van der Waals surface area contributed by atoms with Gasteiger partial charge in [-0.05, 0) is 64.1 Å². The monoisotopic (exact) mass is 308 g/mol. The molecule has 0 unspecified atom stereocenters. The Morgan fingerprint density at radius 1 is 0.955 bits per heavy atom. The summed E-state index contributed by atoms with van der Waals surface area (Å²) in [5.74, 6) is 1.98. The molecule has 2 N–H and O–H groups in total. The quantitative estimate of drug-likeness (QED) is 0.391. The molecule has 128 valence electrons. The van der Waals surface area contributed by atoms with Gasteiger partial charge in [0.1, 0.15) is 0 Å². The zero-order chi connectivity index (χ0) is 15.5. The van der Waals surface area contributed by atoms with E-state index in [-0.39, 0.29) is 0 Å². The first kappa shape index (κ1) is 17.6. The highest BCUT2D eigenvalue weighted by molar-refractivity contribution is 5.79. The van der Waals surface area contributed by atoms with Gasteiger partial charge in [0.25, 0.3) is 0 Å². The van der Waals surface area contributed by atoms with Crippen LogP contribution >= 0.6 is 0 Å². The molecule has 0 aromatic heterocycles. The highest BCUT2D eigenvalue weighted by atomic mass is 15.2. The van der Waals surface area contributed by atoms with Gasteiger partial charge in [-0.15, -0.1) is 0 Å². The minimum Gasteiger partial charge on any atom is -0.356 e. The first-order valence-corrected chi connectivity index (χ1v) is 9.55. The van der Waals surface area contributed by atoms with E-state index in [0.29, 0.717) is 0 Å². The van der Waals surface area contributed by atoms with Gasteiger partial charge in [0.05, 0.1) is 0 Å². The standard InChI is InChI=1S/C18H36N4/c1-19-18(21-13-8-11-17-9-2-3-10-17)20-12-4-5-14-22-15-6-7-16-22/h17H,2-16H2,1H3,(H2,19,20,21). The van der Waals surface area contributed by atoms with E-state index in [0.717, 1.165) is 25.0 Å². The third-order valence-electron chi connectivity index (χ3n) is 5.17. The Morgan fingerprint density at radius 3 is 2.32 bits per heavy atom. The van der Waals surface area contributed by atoms with Crippen LogP contribution in [0.4, 0.5) is 0 Å². The van der Waals surface area contributed by atoms with Crippen LogP contribution < -0.4 is 10.6 Å². The average molecular weight is 309 g/mol. The Labute approximate surface area is 137 Å². The summed E-state index contributed by atoms with van der Waals surface area (Å²) in [5.41, 5.74) is 0. The van der Waals surface area contributed by atoms with Gasteiger partial charge in [0.2, 0.25) is 0 Å². The number of aliphatic imine (C=N–C) groups is 1. The summed E-state index contributed by atoms with van der Waals surface area (Å²) >= 11 is 0. The maximum atomic E-state index is 4.32. The number of hydrogen-bond donors (Lipinski definition) is 2. The minimum atomic E-state index is 0.979. The molecule has 2 aliphatic rings. The molecule has 1 saturated heterocycles. The lowest BCUT2D eigenvalue weighted by atomic mass is 10.0. The number of guanidine groups is 1. The maximum absolute atomic E-state index is 4.32. The number of nitrogens with zero attached hydrogens (tertiary/aromatic N) is 2. The fourth-order valence-corrected chi connectivity index (χ4v) is 3.79. The average Bonchev–Trinajstić information content (AvgIpc) is 3.22. The second-order valence-corrected chi connectivity index (χ2v) is 6.97. The highest BCUT2D eigenvalue weighted by Gasteiger charge is 2.14. The summed E-state index contributed by atoms with van der Waals surface area (Å²) in [7, 11) is 1.87. The number of likely N-dealkylation sites (tertiary alicyclic amines) is 1. The Hall–Kier alpha value is -0.770. The predicted molar refractivity (Wildman–Crippen MR) is 95.5 cm³/mol. The molecule has 0 aromatic carbocycles. The van der Waals surface area contributed by atoms with Crippen molar-refractivity contribution < 1.29 is 0 Å². The van der Waals surface area contributed by atoms with Gasteiger partial charge in [-0.25, -0.2) is 0 Å². The molecule has 1 aliphatic carbocycles. The largest absolute Gasteiger partial charge is 0.356 e. The Bertz CT molecular complexity index is 304. The predicted octanol–water partition coefficient (Wildman–Crippen LogP) is 3.00. The SMILES string of the molecule is CN=C(NCCCCN1CCCC1)NCCCC1CCCC1. The molecule has 2 rings (SSSR count). The summed E-state index contributed by atoms with van der Waals surface area (Å²) in [6, 6.07) is 0. The third kappa shape index (κ3) is 6.99. The van der Waals surface area contributed by atoms with Gasteiger partial charge in [-0.2, -0.15) is 0 Å². The van der Waals surface area contributed by atoms with Crippen LogP contribution in [0.3, 0.4) is 0 Å². The maximum Gasteiger partial charge on any atom is 0.190 e. The van der Waals surface area contributed by atoms with Crippen LogP contribution in [0.25, 0.3) is 0 Å². The van der Waals surface area contributed by atoms with E-state index in [2.05, 4.69) is 20.5 Å². The topological polar surface area (TPSA) is 39.7 Å². The molecule has 0 spiro atoms. The normalized spacial score (nSPS) is 20.7. The van der Waals surface area contributed by atoms with Crippen LogP contribution in [0.15, 0.2) is 4.99 Å². The van der Waals surface area contributed by atoms with E-state index >= 15 is 0 Å². The van der Waals surface area contributed by atoms with E-state index in [4.69, 9.17) is 0 Å². The molecule has 0 bridgehead atoms. The van der Waals surface area contributed by atoms with E-state index < -0.39 is 0 Å². The van der Waals surface area contributed by atoms with Gasteiger partial charge in [0, 0.05) is 20.1 Å². The molecule has 0 atom stereocenters. The van der Waals surface area contributed by atoms with Crippen molar-refractivity contribution in [2.75, 3.05) is 39.8 Å². The van der Waals surface area contributed by atoms with Crippen molar-refractivity contribution in [1.82, 2.24) is 15.5 Å². The molecule has 2 fully saturated rings. The first-order chi connectivity index (χ1) is 10.9. The Balaban J connectivity index is 1.42. The van der Waals surface area contributed by atoms with Crippen molar-refractivity contribution in [2.24, 2.45) is 10.9 Å². The summed E-state index contributed by atoms with van der Waals surface area (Å²) in [5, 5.41) is 6.90. The molecule has 1 aliphatic heterocycles. The molecule has 4 nitrogen and oxygen atoms in total. The van der Waals surface area contributed by atoms with Crippen LogP contribution in [0.5, 0.6) is 0 Å². The van der Waals surface area contributed by atoms with Gasteiger partial charge >= 0.3 is 0 Å². The van der Waals surface area contributed by atoms with Crippen molar-refractivity contribution in [2.45, 2.75) is 64.2 Å².